The maximum Gasteiger partial charge on any atom is 0.238 e. The molecule has 6 heteroatoms. The van der Waals surface area contributed by atoms with Crippen molar-refractivity contribution < 1.29 is 8.42 Å². The van der Waals surface area contributed by atoms with E-state index in [2.05, 4.69) is 5.32 Å². The fourth-order valence-electron chi connectivity index (χ4n) is 2.16. The Labute approximate surface area is 136 Å². The highest BCUT2D eigenvalue weighted by atomic mass is 35.5. The lowest BCUT2D eigenvalue weighted by Gasteiger charge is -2.08. The summed E-state index contributed by atoms with van der Waals surface area (Å²) < 4.78 is 22.3. The van der Waals surface area contributed by atoms with Crippen molar-refractivity contribution in [2.24, 2.45) is 5.14 Å². The molecule has 0 spiro atoms. The third-order valence-corrected chi connectivity index (χ3v) is 4.63. The number of hydrogen-bond acceptors (Lipinski definition) is 3. The fraction of sp³-hybridized carbons (Fsp3) is 0.250. The molecular weight excluding hydrogens is 320 g/mol. The molecule has 118 valence electrons. The van der Waals surface area contributed by atoms with Crippen molar-refractivity contribution in [3.8, 4) is 0 Å². The lowest BCUT2D eigenvalue weighted by atomic mass is 10.1. The lowest BCUT2D eigenvalue weighted by Crippen LogP contribution is -2.17. The van der Waals surface area contributed by atoms with Crippen LogP contribution in [0.3, 0.4) is 0 Å². The number of benzene rings is 2. The Hall–Kier alpha value is -1.40. The monoisotopic (exact) mass is 338 g/mol. The number of halogens is 1. The second-order valence-electron chi connectivity index (χ2n) is 5.19. The summed E-state index contributed by atoms with van der Waals surface area (Å²) in [6.45, 7) is 3.62. The molecule has 0 bridgehead atoms. The van der Waals surface area contributed by atoms with E-state index in [0.29, 0.717) is 0 Å². The summed E-state index contributed by atoms with van der Waals surface area (Å²) >= 11 is 5.93. The van der Waals surface area contributed by atoms with Gasteiger partial charge in [-0.3, -0.25) is 0 Å². The minimum Gasteiger partial charge on any atom is -0.312 e. The zero-order valence-electron chi connectivity index (χ0n) is 12.3. The Kier molecular flexibility index (Phi) is 5.58. The number of rotatable bonds is 6. The number of aryl methyl sites for hydroxylation is 1. The van der Waals surface area contributed by atoms with E-state index in [0.717, 1.165) is 35.7 Å². The first-order valence-corrected chi connectivity index (χ1v) is 8.86. The van der Waals surface area contributed by atoms with Crippen LogP contribution in [0.4, 0.5) is 0 Å². The van der Waals surface area contributed by atoms with Gasteiger partial charge in [-0.2, -0.15) is 0 Å². The summed E-state index contributed by atoms with van der Waals surface area (Å²) in [7, 11) is -3.62. The summed E-state index contributed by atoms with van der Waals surface area (Å²) in [5.74, 6) is 0. The molecule has 0 aliphatic rings. The molecule has 4 nitrogen and oxygen atoms in total. The van der Waals surface area contributed by atoms with Crippen molar-refractivity contribution >= 4 is 21.6 Å². The average Bonchev–Trinajstić information content (AvgIpc) is 2.45. The van der Waals surface area contributed by atoms with Crippen LogP contribution in [0.1, 0.15) is 16.7 Å². The second-order valence-corrected chi connectivity index (χ2v) is 7.18. The van der Waals surface area contributed by atoms with Crippen LogP contribution < -0.4 is 10.5 Å². The van der Waals surface area contributed by atoms with Crippen LogP contribution in [0.5, 0.6) is 0 Å². The summed E-state index contributed by atoms with van der Waals surface area (Å²) in [6, 6.07) is 12.5. The molecular formula is C16H19ClN2O2S. The highest BCUT2D eigenvalue weighted by Crippen LogP contribution is 2.15. The van der Waals surface area contributed by atoms with Crippen LogP contribution in [0.25, 0.3) is 0 Å². The van der Waals surface area contributed by atoms with Crippen LogP contribution in [0.15, 0.2) is 47.4 Å². The molecule has 0 aliphatic heterocycles. The van der Waals surface area contributed by atoms with Crippen molar-refractivity contribution in [2.45, 2.75) is 24.8 Å². The van der Waals surface area contributed by atoms with E-state index in [4.69, 9.17) is 16.7 Å². The van der Waals surface area contributed by atoms with Crippen LogP contribution in [0, 0.1) is 6.92 Å². The molecule has 3 N–H and O–H groups in total. The molecule has 0 unspecified atom stereocenters. The minimum atomic E-state index is -3.62. The van der Waals surface area contributed by atoms with E-state index in [1.54, 1.807) is 12.1 Å². The summed E-state index contributed by atoms with van der Waals surface area (Å²) in [5, 5.41) is 9.18. The van der Waals surface area contributed by atoms with E-state index >= 15 is 0 Å². The van der Waals surface area contributed by atoms with Crippen LogP contribution in [0.2, 0.25) is 5.02 Å². The van der Waals surface area contributed by atoms with Gasteiger partial charge in [0, 0.05) is 11.6 Å². The molecule has 2 rings (SSSR count). The molecule has 0 saturated heterocycles. The Morgan fingerprint density at radius 1 is 1.14 bits per heavy atom. The normalized spacial score (nSPS) is 11.6. The van der Waals surface area contributed by atoms with Crippen LogP contribution >= 0.6 is 11.6 Å². The minimum absolute atomic E-state index is 0.140. The molecule has 0 aliphatic carbocycles. The third-order valence-electron chi connectivity index (χ3n) is 3.46. The zero-order valence-corrected chi connectivity index (χ0v) is 13.9. The molecule has 2 aromatic rings. The molecule has 0 radical (unpaired) electrons. The Morgan fingerprint density at radius 2 is 1.82 bits per heavy atom. The SMILES string of the molecule is Cc1cc(Cl)ccc1CNCCc1ccc(S(N)(=O)=O)cc1. The first-order valence-electron chi connectivity index (χ1n) is 6.94. The maximum absolute atomic E-state index is 11.2. The van der Waals surface area contributed by atoms with E-state index in [-0.39, 0.29) is 4.90 Å². The number of primary sulfonamides is 1. The molecule has 22 heavy (non-hydrogen) atoms. The predicted octanol–water partition coefficient (Wildman–Crippen LogP) is 2.63. The molecule has 0 atom stereocenters. The Morgan fingerprint density at radius 3 is 2.41 bits per heavy atom. The van der Waals surface area contributed by atoms with E-state index in [1.165, 1.54) is 17.7 Å². The van der Waals surface area contributed by atoms with Gasteiger partial charge in [-0.25, -0.2) is 13.6 Å². The van der Waals surface area contributed by atoms with Gasteiger partial charge in [-0.1, -0.05) is 29.8 Å². The first kappa shape index (κ1) is 17.0. The van der Waals surface area contributed by atoms with E-state index < -0.39 is 10.0 Å². The number of nitrogens with two attached hydrogens (primary N) is 1. The second kappa shape index (κ2) is 7.24. The topological polar surface area (TPSA) is 72.2 Å². The van der Waals surface area contributed by atoms with Gasteiger partial charge in [0.25, 0.3) is 0 Å². The van der Waals surface area contributed by atoms with Gasteiger partial charge >= 0.3 is 0 Å². The van der Waals surface area contributed by atoms with Crippen LogP contribution in [-0.2, 0) is 23.0 Å². The number of nitrogens with one attached hydrogen (secondary N) is 1. The predicted molar refractivity (Wildman–Crippen MR) is 89.4 cm³/mol. The average molecular weight is 339 g/mol. The van der Waals surface area contributed by atoms with Gasteiger partial charge in [-0.15, -0.1) is 0 Å². The molecule has 0 saturated carbocycles. The third kappa shape index (κ3) is 4.81. The largest absolute Gasteiger partial charge is 0.312 e. The maximum atomic E-state index is 11.2. The van der Waals surface area contributed by atoms with Crippen molar-refractivity contribution in [3.05, 3.63) is 64.2 Å². The van der Waals surface area contributed by atoms with Crippen molar-refractivity contribution in [1.82, 2.24) is 5.32 Å². The van der Waals surface area contributed by atoms with Crippen molar-refractivity contribution in [2.75, 3.05) is 6.54 Å². The molecule has 0 fully saturated rings. The Balaban J connectivity index is 1.84. The zero-order chi connectivity index (χ0) is 16.2. The molecule has 2 aromatic carbocycles. The summed E-state index contributed by atoms with van der Waals surface area (Å²) in [5.41, 5.74) is 3.44. The standard InChI is InChI=1S/C16H19ClN2O2S/c1-12-10-15(17)5-4-14(12)11-19-9-8-13-2-6-16(7-3-13)22(18,20)21/h2-7,10,19H,8-9,11H2,1H3,(H2,18,20,21). The highest BCUT2D eigenvalue weighted by molar-refractivity contribution is 7.89. The van der Waals surface area contributed by atoms with Gasteiger partial charge in [0.1, 0.15) is 0 Å². The van der Waals surface area contributed by atoms with Crippen molar-refractivity contribution in [1.29, 1.82) is 0 Å². The summed E-state index contributed by atoms with van der Waals surface area (Å²) in [4.78, 5) is 0.140. The Bertz CT molecular complexity index is 743. The number of sulfonamides is 1. The van der Waals surface area contributed by atoms with E-state index in [1.807, 2.05) is 25.1 Å². The molecule has 0 heterocycles. The fourth-order valence-corrected chi connectivity index (χ4v) is 2.90. The lowest BCUT2D eigenvalue weighted by molar-refractivity contribution is 0.597. The van der Waals surface area contributed by atoms with Gasteiger partial charge < -0.3 is 5.32 Å². The first-order chi connectivity index (χ1) is 10.4. The quantitative estimate of drug-likeness (QED) is 0.795. The van der Waals surface area contributed by atoms with Crippen LogP contribution in [-0.4, -0.2) is 15.0 Å². The van der Waals surface area contributed by atoms with Gasteiger partial charge in [-0.05, 0) is 60.8 Å². The summed E-state index contributed by atoms with van der Waals surface area (Å²) in [6.07, 6.45) is 0.817. The van der Waals surface area contributed by atoms with Crippen molar-refractivity contribution in [3.63, 3.8) is 0 Å². The van der Waals surface area contributed by atoms with Gasteiger partial charge in [0.15, 0.2) is 0 Å². The van der Waals surface area contributed by atoms with E-state index in [9.17, 15) is 8.42 Å². The smallest absolute Gasteiger partial charge is 0.238 e. The molecule has 0 amide bonds. The van der Waals surface area contributed by atoms with Gasteiger partial charge in [0.2, 0.25) is 10.0 Å². The molecule has 0 aromatic heterocycles. The van der Waals surface area contributed by atoms with Gasteiger partial charge in [0.05, 0.1) is 4.90 Å². The highest BCUT2D eigenvalue weighted by Gasteiger charge is 2.06. The number of hydrogen-bond donors (Lipinski definition) is 2.